The molecule has 36 heavy (non-hydrogen) atoms. The lowest BCUT2D eigenvalue weighted by molar-refractivity contribution is -0.121. The molecule has 0 bridgehead atoms. The Balaban J connectivity index is 2.63. The summed E-state index contributed by atoms with van der Waals surface area (Å²) in [4.78, 5) is 47.8. The number of carbonyl (C=O) groups is 4. The number of carboxylic acid groups (broad SMARTS) is 1. The summed E-state index contributed by atoms with van der Waals surface area (Å²) in [6.45, 7) is 11.3. The summed E-state index contributed by atoms with van der Waals surface area (Å²) in [6, 6.07) is 7.97. The van der Waals surface area contributed by atoms with E-state index in [0.29, 0.717) is 0 Å². The Labute approximate surface area is 212 Å². The molecule has 4 amide bonds. The van der Waals surface area contributed by atoms with Gasteiger partial charge < -0.3 is 35.8 Å². The third-order valence-electron chi connectivity index (χ3n) is 4.95. The molecule has 0 aliphatic carbocycles. The first-order valence-electron chi connectivity index (χ1n) is 11.9. The Morgan fingerprint density at radius 2 is 1.50 bits per heavy atom. The zero-order chi connectivity index (χ0) is 27.4. The second kappa shape index (κ2) is 14.2. The number of nitrogens with one attached hydrogen (secondary N) is 4. The van der Waals surface area contributed by atoms with Gasteiger partial charge in [-0.1, -0.05) is 51.1 Å². The van der Waals surface area contributed by atoms with Gasteiger partial charge in [-0.25, -0.2) is 14.4 Å². The van der Waals surface area contributed by atoms with Crippen LogP contribution in [0.2, 0.25) is 0 Å². The lowest BCUT2D eigenvalue weighted by atomic mass is 9.82. The van der Waals surface area contributed by atoms with E-state index in [1.54, 1.807) is 20.8 Å². The second-order valence-corrected chi connectivity index (χ2v) is 10.5. The van der Waals surface area contributed by atoms with Gasteiger partial charge in [0.1, 0.15) is 12.2 Å². The van der Waals surface area contributed by atoms with E-state index in [0.717, 1.165) is 5.56 Å². The number of alkyl carbamates (subject to hydrolysis) is 2. The van der Waals surface area contributed by atoms with Gasteiger partial charge in [-0.15, -0.1) is 0 Å². The minimum absolute atomic E-state index is 0.0973. The van der Waals surface area contributed by atoms with Crippen LogP contribution in [-0.2, 0) is 20.9 Å². The molecular formula is C25H40N4O7. The molecule has 0 aromatic heterocycles. The number of amides is 4. The SMILES string of the molecule is CC(C)(C)OC(=O)NCCNC(=O)CC(CC(NC(=O)OCc1ccccc1)C(C)(C)C)NC(=O)O. The fourth-order valence-electron chi connectivity index (χ4n) is 3.17. The summed E-state index contributed by atoms with van der Waals surface area (Å²) < 4.78 is 10.4. The van der Waals surface area contributed by atoms with Crippen LogP contribution in [-0.4, -0.2) is 60.1 Å². The zero-order valence-electron chi connectivity index (χ0n) is 22.0. The van der Waals surface area contributed by atoms with Gasteiger partial charge in [0.05, 0.1) is 0 Å². The van der Waals surface area contributed by atoms with Crippen LogP contribution in [0.25, 0.3) is 0 Å². The molecular weight excluding hydrogens is 468 g/mol. The van der Waals surface area contributed by atoms with Crippen LogP contribution in [0.3, 0.4) is 0 Å². The van der Waals surface area contributed by atoms with Gasteiger partial charge in [0, 0.05) is 31.6 Å². The van der Waals surface area contributed by atoms with Crippen LogP contribution in [0.1, 0.15) is 59.9 Å². The molecule has 0 heterocycles. The summed E-state index contributed by atoms with van der Waals surface area (Å²) in [5, 5.41) is 19.6. The van der Waals surface area contributed by atoms with Gasteiger partial charge in [0.15, 0.2) is 0 Å². The highest BCUT2D eigenvalue weighted by atomic mass is 16.6. The smallest absolute Gasteiger partial charge is 0.407 e. The predicted molar refractivity (Wildman–Crippen MR) is 134 cm³/mol. The van der Waals surface area contributed by atoms with Crippen molar-refractivity contribution < 1.29 is 33.8 Å². The van der Waals surface area contributed by atoms with E-state index in [1.165, 1.54) is 0 Å². The van der Waals surface area contributed by atoms with E-state index < -0.39 is 47.3 Å². The van der Waals surface area contributed by atoms with Crippen LogP contribution in [0, 0.1) is 5.41 Å². The van der Waals surface area contributed by atoms with Crippen LogP contribution in [0.5, 0.6) is 0 Å². The van der Waals surface area contributed by atoms with Crippen molar-refractivity contribution in [2.24, 2.45) is 5.41 Å². The topological polar surface area (TPSA) is 155 Å². The van der Waals surface area contributed by atoms with Gasteiger partial charge in [0.2, 0.25) is 5.91 Å². The largest absolute Gasteiger partial charge is 0.465 e. The van der Waals surface area contributed by atoms with Crippen molar-refractivity contribution in [2.75, 3.05) is 13.1 Å². The minimum Gasteiger partial charge on any atom is -0.465 e. The molecule has 202 valence electrons. The summed E-state index contributed by atoms with van der Waals surface area (Å²) in [5.41, 5.74) is -0.240. The fourth-order valence-corrected chi connectivity index (χ4v) is 3.17. The third-order valence-corrected chi connectivity index (χ3v) is 4.95. The van der Waals surface area contributed by atoms with Crippen molar-refractivity contribution in [3.05, 3.63) is 35.9 Å². The molecule has 2 unspecified atom stereocenters. The molecule has 0 saturated heterocycles. The Morgan fingerprint density at radius 1 is 0.889 bits per heavy atom. The van der Waals surface area contributed by atoms with Crippen molar-refractivity contribution in [3.8, 4) is 0 Å². The van der Waals surface area contributed by atoms with Gasteiger partial charge in [-0.05, 0) is 38.2 Å². The maximum Gasteiger partial charge on any atom is 0.407 e. The highest BCUT2D eigenvalue weighted by Gasteiger charge is 2.31. The first-order chi connectivity index (χ1) is 16.7. The van der Waals surface area contributed by atoms with Crippen molar-refractivity contribution >= 4 is 24.2 Å². The molecule has 11 nitrogen and oxygen atoms in total. The Morgan fingerprint density at radius 3 is 2.06 bits per heavy atom. The van der Waals surface area contributed by atoms with E-state index in [9.17, 15) is 24.3 Å². The monoisotopic (exact) mass is 508 g/mol. The Kier molecular flexibility index (Phi) is 12.0. The standard InChI is InChI=1S/C25H40N4O7/c1-24(2,3)19(29-23(34)35-16-17-10-8-7-9-11-17)14-18(28-21(31)32)15-20(30)26-12-13-27-22(33)36-25(4,5)6/h7-11,18-19,28H,12-16H2,1-6H3,(H,26,30)(H,27,33)(H,29,34)(H,31,32). The average molecular weight is 509 g/mol. The summed E-state index contributed by atoms with van der Waals surface area (Å²) in [6.07, 6.45) is -2.49. The highest BCUT2D eigenvalue weighted by molar-refractivity contribution is 5.77. The number of hydrogen-bond acceptors (Lipinski definition) is 6. The van der Waals surface area contributed by atoms with Crippen molar-refractivity contribution in [2.45, 2.75) is 78.7 Å². The van der Waals surface area contributed by atoms with E-state index >= 15 is 0 Å². The molecule has 0 radical (unpaired) electrons. The molecule has 1 rings (SSSR count). The third kappa shape index (κ3) is 14.0. The van der Waals surface area contributed by atoms with Gasteiger partial charge in [0.25, 0.3) is 0 Å². The molecule has 5 N–H and O–H groups in total. The molecule has 0 aliphatic heterocycles. The lowest BCUT2D eigenvalue weighted by Crippen LogP contribution is -2.50. The molecule has 1 aromatic rings. The van der Waals surface area contributed by atoms with E-state index in [4.69, 9.17) is 9.47 Å². The molecule has 0 aliphatic rings. The maximum absolute atomic E-state index is 12.4. The lowest BCUT2D eigenvalue weighted by Gasteiger charge is -2.33. The first-order valence-corrected chi connectivity index (χ1v) is 11.9. The highest BCUT2D eigenvalue weighted by Crippen LogP contribution is 2.24. The minimum atomic E-state index is -1.28. The molecule has 0 saturated carbocycles. The zero-order valence-corrected chi connectivity index (χ0v) is 22.0. The van der Waals surface area contributed by atoms with Crippen LogP contribution in [0.4, 0.5) is 14.4 Å². The van der Waals surface area contributed by atoms with E-state index in [-0.39, 0.29) is 32.5 Å². The molecule has 0 spiro atoms. The second-order valence-electron chi connectivity index (χ2n) is 10.5. The van der Waals surface area contributed by atoms with E-state index in [2.05, 4.69) is 21.3 Å². The molecule has 0 fully saturated rings. The Hall–Kier alpha value is -3.50. The van der Waals surface area contributed by atoms with Gasteiger partial charge in [-0.3, -0.25) is 4.79 Å². The molecule has 2 atom stereocenters. The number of hydrogen-bond donors (Lipinski definition) is 5. The van der Waals surface area contributed by atoms with Crippen LogP contribution >= 0.6 is 0 Å². The molecule has 11 heteroatoms. The maximum atomic E-state index is 12.4. The predicted octanol–water partition coefficient (Wildman–Crippen LogP) is 3.38. The van der Waals surface area contributed by atoms with Gasteiger partial charge in [-0.2, -0.15) is 0 Å². The summed E-state index contributed by atoms with van der Waals surface area (Å²) >= 11 is 0. The normalized spacial score (nSPS) is 13.1. The quantitative estimate of drug-likeness (QED) is 0.287. The summed E-state index contributed by atoms with van der Waals surface area (Å²) in [5.74, 6) is -0.404. The number of carbonyl (C=O) groups excluding carboxylic acids is 3. The van der Waals surface area contributed by atoms with Crippen LogP contribution in [0.15, 0.2) is 30.3 Å². The van der Waals surface area contributed by atoms with E-state index in [1.807, 2.05) is 51.1 Å². The number of rotatable bonds is 11. The fraction of sp³-hybridized carbons (Fsp3) is 0.600. The van der Waals surface area contributed by atoms with Gasteiger partial charge >= 0.3 is 18.3 Å². The summed E-state index contributed by atoms with van der Waals surface area (Å²) in [7, 11) is 0. The van der Waals surface area contributed by atoms with Crippen LogP contribution < -0.4 is 21.3 Å². The Bertz CT molecular complexity index is 863. The molecule has 1 aromatic carbocycles. The number of benzene rings is 1. The van der Waals surface area contributed by atoms with Crippen molar-refractivity contribution in [3.63, 3.8) is 0 Å². The average Bonchev–Trinajstić information content (AvgIpc) is 2.73. The number of ether oxygens (including phenoxy) is 2. The van der Waals surface area contributed by atoms with Crippen molar-refractivity contribution in [1.29, 1.82) is 0 Å². The van der Waals surface area contributed by atoms with Crippen molar-refractivity contribution in [1.82, 2.24) is 21.3 Å². The first kappa shape index (κ1) is 30.5.